The highest BCUT2D eigenvalue weighted by molar-refractivity contribution is 4.97. The quantitative estimate of drug-likeness (QED) is 0.814. The molecule has 118 valence electrons. The molecule has 20 heavy (non-hydrogen) atoms. The average molecular weight is 282 g/mol. The van der Waals surface area contributed by atoms with E-state index < -0.39 is 0 Å². The lowest BCUT2D eigenvalue weighted by molar-refractivity contribution is 0.0209. The number of likely N-dealkylation sites (tertiary alicyclic amines) is 1. The zero-order valence-corrected chi connectivity index (χ0v) is 13.7. The van der Waals surface area contributed by atoms with Crippen LogP contribution in [0.1, 0.15) is 65.7 Å². The highest BCUT2D eigenvalue weighted by Crippen LogP contribution is 2.36. The molecule has 0 bridgehead atoms. The summed E-state index contributed by atoms with van der Waals surface area (Å²) in [5.74, 6) is 0. The molecule has 1 saturated heterocycles. The van der Waals surface area contributed by atoms with Crippen LogP contribution in [-0.2, 0) is 0 Å². The largest absolute Gasteiger partial charge is 0.394 e. The first-order chi connectivity index (χ1) is 9.50. The Kier molecular flexibility index (Phi) is 5.49. The van der Waals surface area contributed by atoms with Crippen LogP contribution in [0.25, 0.3) is 0 Å². The SMILES string of the molecule is CCCNC1(CO)CCCC(N2CCCC(C)(C)C2)C1. The van der Waals surface area contributed by atoms with Gasteiger partial charge < -0.3 is 10.4 Å². The van der Waals surface area contributed by atoms with Crippen molar-refractivity contribution in [1.29, 1.82) is 0 Å². The van der Waals surface area contributed by atoms with Gasteiger partial charge in [-0.1, -0.05) is 20.8 Å². The fourth-order valence-corrected chi connectivity index (χ4v) is 4.17. The van der Waals surface area contributed by atoms with Crippen LogP contribution in [0.2, 0.25) is 0 Å². The second-order valence-electron chi connectivity index (χ2n) is 7.85. The van der Waals surface area contributed by atoms with Crippen LogP contribution in [0.15, 0.2) is 0 Å². The zero-order valence-electron chi connectivity index (χ0n) is 13.7. The van der Waals surface area contributed by atoms with E-state index in [0.717, 1.165) is 25.8 Å². The first-order valence-electron chi connectivity index (χ1n) is 8.60. The summed E-state index contributed by atoms with van der Waals surface area (Å²) in [6.45, 7) is 10.8. The summed E-state index contributed by atoms with van der Waals surface area (Å²) in [7, 11) is 0. The molecule has 3 heteroatoms. The minimum absolute atomic E-state index is 0.0134. The maximum Gasteiger partial charge on any atom is 0.0613 e. The minimum atomic E-state index is -0.0134. The molecule has 0 radical (unpaired) electrons. The van der Waals surface area contributed by atoms with Crippen LogP contribution in [0.5, 0.6) is 0 Å². The van der Waals surface area contributed by atoms with E-state index in [0.29, 0.717) is 18.1 Å². The van der Waals surface area contributed by atoms with Gasteiger partial charge in [0.2, 0.25) is 0 Å². The van der Waals surface area contributed by atoms with Crippen molar-refractivity contribution in [3.05, 3.63) is 0 Å². The van der Waals surface area contributed by atoms with Crippen molar-refractivity contribution < 1.29 is 5.11 Å². The van der Waals surface area contributed by atoms with Crippen LogP contribution in [0, 0.1) is 5.41 Å². The first kappa shape index (κ1) is 16.3. The molecule has 3 nitrogen and oxygen atoms in total. The first-order valence-corrected chi connectivity index (χ1v) is 8.60. The molecule has 2 N–H and O–H groups in total. The molecule has 0 spiro atoms. The molecule has 2 fully saturated rings. The lowest BCUT2D eigenvalue weighted by Gasteiger charge is -2.48. The molecular formula is C17H34N2O. The number of nitrogens with zero attached hydrogens (tertiary/aromatic N) is 1. The molecule has 1 aliphatic carbocycles. The van der Waals surface area contributed by atoms with Crippen molar-refractivity contribution in [2.45, 2.75) is 77.3 Å². The Morgan fingerprint density at radius 3 is 2.70 bits per heavy atom. The van der Waals surface area contributed by atoms with Crippen LogP contribution >= 0.6 is 0 Å². The summed E-state index contributed by atoms with van der Waals surface area (Å²) in [5.41, 5.74) is 0.453. The van der Waals surface area contributed by atoms with Gasteiger partial charge in [0.15, 0.2) is 0 Å². The van der Waals surface area contributed by atoms with Crippen LogP contribution in [0.3, 0.4) is 0 Å². The van der Waals surface area contributed by atoms with Gasteiger partial charge in [0.25, 0.3) is 0 Å². The van der Waals surface area contributed by atoms with Gasteiger partial charge in [0.1, 0.15) is 0 Å². The van der Waals surface area contributed by atoms with Crippen molar-refractivity contribution in [2.24, 2.45) is 5.41 Å². The molecule has 2 aliphatic rings. The number of aliphatic hydroxyl groups excluding tert-OH is 1. The van der Waals surface area contributed by atoms with E-state index >= 15 is 0 Å². The van der Waals surface area contributed by atoms with E-state index in [9.17, 15) is 5.11 Å². The standard InChI is InChI=1S/C17H34N2O/c1-4-10-18-17(14-20)9-5-7-15(12-17)19-11-6-8-16(2,3)13-19/h15,18,20H,4-14H2,1-3H3. The Balaban J connectivity index is 1.98. The third-order valence-electron chi connectivity index (χ3n) is 5.32. The van der Waals surface area contributed by atoms with Crippen LogP contribution < -0.4 is 5.32 Å². The van der Waals surface area contributed by atoms with E-state index in [1.54, 1.807) is 0 Å². The number of nitrogens with one attached hydrogen (secondary N) is 1. The van der Waals surface area contributed by atoms with Gasteiger partial charge >= 0.3 is 0 Å². The summed E-state index contributed by atoms with van der Waals surface area (Å²) in [4.78, 5) is 2.71. The summed E-state index contributed by atoms with van der Waals surface area (Å²) >= 11 is 0. The molecule has 0 aromatic heterocycles. The lowest BCUT2D eigenvalue weighted by atomic mass is 9.76. The third kappa shape index (κ3) is 3.96. The molecule has 1 heterocycles. The lowest BCUT2D eigenvalue weighted by Crippen LogP contribution is -2.57. The fraction of sp³-hybridized carbons (Fsp3) is 1.00. The average Bonchev–Trinajstić information content (AvgIpc) is 2.44. The van der Waals surface area contributed by atoms with Crippen molar-refractivity contribution in [3.8, 4) is 0 Å². The second kappa shape index (κ2) is 6.76. The Morgan fingerprint density at radius 2 is 2.05 bits per heavy atom. The third-order valence-corrected chi connectivity index (χ3v) is 5.32. The number of hydrogen-bond donors (Lipinski definition) is 2. The summed E-state index contributed by atoms with van der Waals surface area (Å²) in [6, 6.07) is 0.667. The van der Waals surface area contributed by atoms with E-state index in [4.69, 9.17) is 0 Å². The van der Waals surface area contributed by atoms with E-state index in [1.807, 2.05) is 0 Å². The van der Waals surface area contributed by atoms with Gasteiger partial charge in [-0.15, -0.1) is 0 Å². The molecule has 0 amide bonds. The zero-order chi connectivity index (χ0) is 14.6. The molecule has 0 aromatic rings. The highest BCUT2D eigenvalue weighted by Gasteiger charge is 2.39. The number of aliphatic hydroxyl groups is 1. The van der Waals surface area contributed by atoms with E-state index in [1.165, 1.54) is 38.8 Å². The Hall–Kier alpha value is -0.120. The van der Waals surface area contributed by atoms with Gasteiger partial charge in [0, 0.05) is 18.1 Å². The summed E-state index contributed by atoms with van der Waals surface area (Å²) < 4.78 is 0. The van der Waals surface area contributed by atoms with Gasteiger partial charge in [-0.05, 0) is 63.5 Å². The monoisotopic (exact) mass is 282 g/mol. The summed E-state index contributed by atoms with van der Waals surface area (Å²) in [5, 5.41) is 13.6. The molecule has 0 aromatic carbocycles. The minimum Gasteiger partial charge on any atom is -0.394 e. The van der Waals surface area contributed by atoms with Gasteiger partial charge in [-0.2, -0.15) is 0 Å². The van der Waals surface area contributed by atoms with Gasteiger partial charge in [0.05, 0.1) is 6.61 Å². The van der Waals surface area contributed by atoms with Crippen molar-refractivity contribution in [1.82, 2.24) is 10.2 Å². The molecule has 2 rings (SSSR count). The Bertz CT molecular complexity index is 305. The number of rotatable bonds is 5. The normalized spacial score (nSPS) is 35.1. The maximum atomic E-state index is 9.91. The van der Waals surface area contributed by atoms with E-state index in [2.05, 4.69) is 31.0 Å². The molecular weight excluding hydrogens is 248 g/mol. The number of hydrogen-bond acceptors (Lipinski definition) is 3. The van der Waals surface area contributed by atoms with Crippen molar-refractivity contribution in [2.75, 3.05) is 26.2 Å². The number of piperidine rings is 1. The Morgan fingerprint density at radius 1 is 1.25 bits per heavy atom. The second-order valence-corrected chi connectivity index (χ2v) is 7.85. The van der Waals surface area contributed by atoms with Crippen LogP contribution in [0.4, 0.5) is 0 Å². The van der Waals surface area contributed by atoms with E-state index in [-0.39, 0.29) is 5.54 Å². The molecule has 2 unspecified atom stereocenters. The fourth-order valence-electron chi connectivity index (χ4n) is 4.17. The molecule has 1 aliphatic heterocycles. The van der Waals surface area contributed by atoms with Crippen LogP contribution in [-0.4, -0.2) is 47.8 Å². The topological polar surface area (TPSA) is 35.5 Å². The Labute approximate surface area is 125 Å². The smallest absolute Gasteiger partial charge is 0.0613 e. The highest BCUT2D eigenvalue weighted by atomic mass is 16.3. The molecule has 1 saturated carbocycles. The van der Waals surface area contributed by atoms with Crippen molar-refractivity contribution in [3.63, 3.8) is 0 Å². The summed E-state index contributed by atoms with van der Waals surface area (Å²) in [6.07, 6.45) is 8.65. The maximum absolute atomic E-state index is 9.91. The predicted octanol–water partition coefficient (Wildman–Crippen LogP) is 2.78. The molecule has 2 atom stereocenters. The van der Waals surface area contributed by atoms with Gasteiger partial charge in [-0.25, -0.2) is 0 Å². The predicted molar refractivity (Wildman–Crippen MR) is 85.0 cm³/mol. The van der Waals surface area contributed by atoms with Gasteiger partial charge in [-0.3, -0.25) is 4.90 Å². The van der Waals surface area contributed by atoms with Crippen molar-refractivity contribution >= 4 is 0 Å².